The summed E-state index contributed by atoms with van der Waals surface area (Å²) < 4.78 is 59.7. The maximum atomic E-state index is 13.2. The Hall–Kier alpha value is -4.32. The van der Waals surface area contributed by atoms with Crippen LogP contribution in [0.3, 0.4) is 0 Å². The number of rotatable bonds is 20. The average molecular weight is 900 g/mol. The molecule has 14 heteroatoms. The van der Waals surface area contributed by atoms with Gasteiger partial charge in [0.1, 0.15) is 42.7 Å². The van der Waals surface area contributed by atoms with E-state index in [1.165, 1.54) is 13.8 Å². The summed E-state index contributed by atoms with van der Waals surface area (Å²) in [4.78, 5) is 25.9. The molecule has 13 nitrogen and oxygen atoms in total. The van der Waals surface area contributed by atoms with Crippen LogP contribution in [0.4, 0.5) is 0 Å². The Morgan fingerprint density at radius 1 is 0.609 bits per heavy atom. The number of carbonyl (C=O) groups is 2. The van der Waals surface area contributed by atoms with Gasteiger partial charge in [-0.25, -0.2) is 0 Å². The first-order valence-electron chi connectivity index (χ1n) is 22.0. The summed E-state index contributed by atoms with van der Waals surface area (Å²) in [6.45, 7) is 14.1. The van der Waals surface area contributed by atoms with Gasteiger partial charge in [-0.15, -0.1) is 0 Å². The van der Waals surface area contributed by atoms with Crippen LogP contribution in [-0.2, 0) is 78.3 Å². The van der Waals surface area contributed by atoms with Gasteiger partial charge in [-0.1, -0.05) is 142 Å². The van der Waals surface area contributed by atoms with Gasteiger partial charge in [0.2, 0.25) is 5.91 Å². The Balaban J connectivity index is 1.41. The second-order valence-corrected chi connectivity index (χ2v) is 22.7. The van der Waals surface area contributed by atoms with Gasteiger partial charge in [-0.05, 0) is 40.4 Å². The Morgan fingerprint density at radius 2 is 1.06 bits per heavy atom. The summed E-state index contributed by atoms with van der Waals surface area (Å²) in [5.74, 6) is -1.01. The fourth-order valence-electron chi connectivity index (χ4n) is 7.46. The van der Waals surface area contributed by atoms with Crippen LogP contribution in [0.5, 0.6) is 0 Å². The highest BCUT2D eigenvalue weighted by Crippen LogP contribution is 2.39. The predicted octanol–water partition coefficient (Wildman–Crippen LogP) is 7.24. The highest BCUT2D eigenvalue weighted by Gasteiger charge is 2.55. The molecule has 0 bridgehead atoms. The Kier molecular flexibility index (Phi) is 17.8. The molecule has 4 aromatic carbocycles. The van der Waals surface area contributed by atoms with E-state index in [0.717, 1.165) is 22.3 Å². The zero-order chi connectivity index (χ0) is 45.7. The van der Waals surface area contributed by atoms with E-state index in [2.05, 4.69) is 39.2 Å². The van der Waals surface area contributed by atoms with E-state index in [1.807, 2.05) is 121 Å². The number of amides is 1. The summed E-state index contributed by atoms with van der Waals surface area (Å²) in [5, 5.41) is 14.3. The zero-order valence-corrected chi connectivity index (χ0v) is 39.0. The smallest absolute Gasteiger partial charge is 0.303 e. The molecule has 1 amide bonds. The molecule has 0 aliphatic carbocycles. The van der Waals surface area contributed by atoms with Crippen molar-refractivity contribution in [2.45, 2.75) is 141 Å². The van der Waals surface area contributed by atoms with Gasteiger partial charge in [-0.3, -0.25) is 9.59 Å². The molecule has 2 aliphatic heterocycles. The van der Waals surface area contributed by atoms with Gasteiger partial charge < -0.3 is 52.7 Å². The van der Waals surface area contributed by atoms with E-state index in [-0.39, 0.29) is 44.7 Å². The number of nitrogens with one attached hydrogen (secondary N) is 1. The highest BCUT2D eigenvalue weighted by atomic mass is 28.4. The molecular weight excluding hydrogens is 835 g/mol. The van der Waals surface area contributed by atoms with Crippen LogP contribution < -0.4 is 5.32 Å². The lowest BCUT2D eigenvalue weighted by atomic mass is 9.94. The molecule has 64 heavy (non-hydrogen) atoms. The summed E-state index contributed by atoms with van der Waals surface area (Å²) in [6.07, 6.45) is -9.66. The highest BCUT2D eigenvalue weighted by molar-refractivity contribution is 6.74. The first kappa shape index (κ1) is 49.1. The van der Waals surface area contributed by atoms with E-state index in [0.29, 0.717) is 0 Å². The van der Waals surface area contributed by atoms with Gasteiger partial charge in [0.25, 0.3) is 0 Å². The fourth-order valence-corrected chi connectivity index (χ4v) is 8.48. The van der Waals surface area contributed by atoms with E-state index >= 15 is 0 Å². The molecule has 346 valence electrons. The van der Waals surface area contributed by atoms with Crippen LogP contribution in [-0.4, -0.2) is 99.9 Å². The first-order valence-corrected chi connectivity index (χ1v) is 24.9. The van der Waals surface area contributed by atoms with Crippen molar-refractivity contribution in [3.8, 4) is 0 Å². The second kappa shape index (κ2) is 23.2. The lowest BCUT2D eigenvalue weighted by molar-refractivity contribution is -0.357. The van der Waals surface area contributed by atoms with E-state index in [9.17, 15) is 14.7 Å². The third kappa shape index (κ3) is 13.8. The largest absolute Gasteiger partial charge is 0.454 e. The maximum Gasteiger partial charge on any atom is 0.303 e. The number of benzene rings is 4. The fraction of sp³-hybridized carbons (Fsp3) is 0.480. The number of ether oxygens (including phenoxy) is 8. The lowest BCUT2D eigenvalue weighted by Crippen LogP contribution is -2.68. The van der Waals surface area contributed by atoms with E-state index < -0.39 is 81.5 Å². The van der Waals surface area contributed by atoms with Crippen LogP contribution in [0.2, 0.25) is 18.1 Å². The van der Waals surface area contributed by atoms with Crippen LogP contribution in [0.25, 0.3) is 0 Å². The molecule has 2 saturated heterocycles. The van der Waals surface area contributed by atoms with Gasteiger partial charge in [0, 0.05) is 13.8 Å². The topological polar surface area (TPSA) is 149 Å². The molecule has 2 fully saturated rings. The number of esters is 1. The third-order valence-corrected chi connectivity index (χ3v) is 16.4. The van der Waals surface area contributed by atoms with E-state index in [1.54, 1.807) is 0 Å². The molecule has 0 unspecified atom stereocenters. The van der Waals surface area contributed by atoms with Gasteiger partial charge >= 0.3 is 5.97 Å². The molecule has 2 N–H and O–H groups in total. The number of hydrogen-bond donors (Lipinski definition) is 2. The minimum atomic E-state index is -2.40. The predicted molar refractivity (Wildman–Crippen MR) is 242 cm³/mol. The van der Waals surface area contributed by atoms with Crippen molar-refractivity contribution in [1.29, 1.82) is 0 Å². The van der Waals surface area contributed by atoms with Crippen molar-refractivity contribution >= 4 is 20.2 Å². The summed E-state index contributed by atoms with van der Waals surface area (Å²) in [6, 6.07) is 37.6. The Labute approximate surface area is 378 Å². The summed E-state index contributed by atoms with van der Waals surface area (Å²) in [7, 11) is -2.40. The molecule has 6 rings (SSSR count). The van der Waals surface area contributed by atoms with Crippen LogP contribution in [0.15, 0.2) is 121 Å². The maximum absolute atomic E-state index is 13.2. The van der Waals surface area contributed by atoms with Crippen molar-refractivity contribution in [1.82, 2.24) is 5.32 Å². The molecule has 4 aromatic rings. The number of aliphatic hydroxyl groups is 1. The Bertz CT molecular complexity index is 2000. The average Bonchev–Trinajstić information content (AvgIpc) is 3.27. The van der Waals surface area contributed by atoms with Crippen LogP contribution >= 0.6 is 0 Å². The first-order chi connectivity index (χ1) is 30.7. The quantitative estimate of drug-likeness (QED) is 0.0680. The standard InChI is InChI=1S/C50H65NO12Si/c1-34(52)51-42-45(57-30-38-24-16-10-17-25-38)44(41(61-48(42)54)33-59-64(6,7)50(3,4)5)63-49-47(60-35(2)53)46(58-31-39-26-18-11-19-27-39)43(56-29-37-22-14-9-15-23-37)40(62-49)32-55-28-36-20-12-8-13-21-36/h8-27,40-49,54H,28-33H2,1-7H3,(H,51,52)/t40-,41-,42-,43+,44-,45-,46+,47-,48-,49+/m1/s1. The van der Waals surface area contributed by atoms with Crippen LogP contribution in [0, 0.1) is 0 Å². The van der Waals surface area contributed by atoms with Crippen molar-refractivity contribution < 1.29 is 57.0 Å². The summed E-state index contributed by atoms with van der Waals surface area (Å²) >= 11 is 0. The molecule has 0 saturated carbocycles. The van der Waals surface area contributed by atoms with Crippen molar-refractivity contribution in [2.24, 2.45) is 0 Å². The lowest BCUT2D eigenvalue weighted by Gasteiger charge is -2.50. The van der Waals surface area contributed by atoms with Crippen molar-refractivity contribution in [3.05, 3.63) is 144 Å². The monoisotopic (exact) mass is 899 g/mol. The SMILES string of the molecule is CC(=O)N[C@@H]1[C@@H](OCc2ccccc2)[C@H](O[C@@H]2O[C@H](COCc3ccccc3)[C@H](OCc3ccccc3)[C@H](OCc3ccccc3)[C@H]2OC(C)=O)[C@@H](CO[Si](C)(C)C(C)(C)C)O[C@H]1O. The molecule has 0 radical (unpaired) electrons. The molecular formula is C50H65NO12Si. The normalized spacial score (nSPS) is 26.2. The summed E-state index contributed by atoms with van der Waals surface area (Å²) in [5.41, 5.74) is 3.62. The molecule has 2 heterocycles. The third-order valence-electron chi connectivity index (χ3n) is 11.9. The molecule has 0 spiro atoms. The minimum Gasteiger partial charge on any atom is -0.454 e. The minimum absolute atomic E-state index is 0.0154. The zero-order valence-electron chi connectivity index (χ0n) is 38.0. The number of aliphatic hydroxyl groups excluding tert-OH is 1. The number of carbonyl (C=O) groups excluding carboxylic acids is 2. The van der Waals surface area contributed by atoms with Crippen molar-refractivity contribution in [3.63, 3.8) is 0 Å². The molecule has 2 aliphatic rings. The van der Waals surface area contributed by atoms with Gasteiger partial charge in [-0.2, -0.15) is 0 Å². The van der Waals surface area contributed by atoms with Crippen molar-refractivity contribution in [2.75, 3.05) is 13.2 Å². The second-order valence-electron chi connectivity index (χ2n) is 17.9. The van der Waals surface area contributed by atoms with Crippen LogP contribution in [0.1, 0.15) is 56.9 Å². The van der Waals surface area contributed by atoms with Gasteiger partial charge in [0.15, 0.2) is 27.0 Å². The Morgan fingerprint density at radius 3 is 1.53 bits per heavy atom. The molecule has 10 atom stereocenters. The molecule has 0 aromatic heterocycles. The van der Waals surface area contributed by atoms with Gasteiger partial charge in [0.05, 0.1) is 39.6 Å². The van der Waals surface area contributed by atoms with E-state index in [4.69, 9.17) is 42.3 Å². The number of hydrogen-bond acceptors (Lipinski definition) is 12.